The molecule has 2 aromatic carbocycles. The fraction of sp³-hybridized carbons (Fsp3) is 0.300. The van der Waals surface area contributed by atoms with Crippen LogP contribution >= 0.6 is 12.0 Å². The Kier molecular flexibility index (Phi) is 6.59. The van der Waals surface area contributed by atoms with E-state index in [-0.39, 0.29) is 6.61 Å². The number of hydrogen-bond donors (Lipinski definition) is 1. The van der Waals surface area contributed by atoms with Crippen LogP contribution in [0, 0.1) is 13.8 Å². The van der Waals surface area contributed by atoms with E-state index >= 15 is 0 Å². The molecule has 0 saturated heterocycles. The number of unbranched alkanes of at least 4 members (excludes halogenated alkanes) is 1. The summed E-state index contributed by atoms with van der Waals surface area (Å²) in [6.45, 7) is 5.00. The monoisotopic (exact) mass is 386 g/mol. The molecule has 7 heteroatoms. The van der Waals surface area contributed by atoms with Gasteiger partial charge in [0.05, 0.1) is 17.2 Å². The number of anilines is 1. The molecule has 0 bridgehead atoms. The van der Waals surface area contributed by atoms with Crippen molar-refractivity contribution in [3.63, 3.8) is 0 Å². The first kappa shape index (κ1) is 19.1. The van der Waals surface area contributed by atoms with E-state index in [1.165, 1.54) is 23.2 Å². The molecule has 0 atom stereocenters. The third-order valence-electron chi connectivity index (χ3n) is 4.15. The largest absolute Gasteiger partial charge is 0.494 e. The first-order chi connectivity index (χ1) is 13.1. The molecule has 0 radical (unpaired) electrons. The van der Waals surface area contributed by atoms with Crippen LogP contribution in [0.4, 0.5) is 10.5 Å². The number of rotatable bonds is 8. The van der Waals surface area contributed by atoms with E-state index in [2.05, 4.69) is 36.5 Å². The molecular formula is C20H22N2O4S. The summed E-state index contributed by atoms with van der Waals surface area (Å²) in [4.78, 5) is 12.2. The van der Waals surface area contributed by atoms with Crippen molar-refractivity contribution >= 4 is 30.0 Å². The summed E-state index contributed by atoms with van der Waals surface area (Å²) >= 11 is 1.25. The fourth-order valence-electron chi connectivity index (χ4n) is 2.47. The predicted molar refractivity (Wildman–Crippen MR) is 106 cm³/mol. The zero-order chi connectivity index (χ0) is 19.1. The molecule has 0 aromatic heterocycles. The number of carbonyl (C=O) groups is 1. The number of fused-ring (bicyclic) bond motifs is 1. The van der Waals surface area contributed by atoms with Gasteiger partial charge in [0.15, 0.2) is 0 Å². The van der Waals surface area contributed by atoms with Gasteiger partial charge in [-0.3, -0.25) is 5.32 Å². The van der Waals surface area contributed by atoms with E-state index in [4.69, 9.17) is 13.8 Å². The number of hydrogen-bond acceptors (Lipinski definition) is 6. The molecular weight excluding hydrogens is 364 g/mol. The van der Waals surface area contributed by atoms with Gasteiger partial charge in [0.1, 0.15) is 24.4 Å². The summed E-state index contributed by atoms with van der Waals surface area (Å²) in [6, 6.07) is 11.7. The Balaban J connectivity index is 1.33. The van der Waals surface area contributed by atoms with Crippen LogP contribution in [0.2, 0.25) is 0 Å². The lowest BCUT2D eigenvalue weighted by atomic mass is 10.1. The van der Waals surface area contributed by atoms with Crippen LogP contribution in [-0.2, 0) is 15.6 Å². The van der Waals surface area contributed by atoms with Gasteiger partial charge in [0.2, 0.25) is 0 Å². The van der Waals surface area contributed by atoms with E-state index in [0.29, 0.717) is 6.61 Å². The standard InChI is InChI=1S/C20H22N2O4S/c1-14-5-7-18(11-15(14)2)27-26-21-9-3-4-10-24-17-6-8-19-16(12-17)13-25-20(23)22-19/h5-9,11-12H,3-4,10,13H2,1-2H3,(H,22,23). The van der Waals surface area contributed by atoms with Crippen molar-refractivity contribution in [3.05, 3.63) is 53.1 Å². The number of nitrogens with one attached hydrogen (secondary N) is 1. The van der Waals surface area contributed by atoms with Gasteiger partial charge in [-0.25, -0.2) is 4.79 Å². The van der Waals surface area contributed by atoms with Gasteiger partial charge in [-0.1, -0.05) is 11.2 Å². The van der Waals surface area contributed by atoms with Gasteiger partial charge >= 0.3 is 6.09 Å². The second-order valence-corrected chi connectivity index (χ2v) is 6.99. The third kappa shape index (κ3) is 5.65. The number of aryl methyl sites for hydroxylation is 2. The van der Waals surface area contributed by atoms with Crippen LogP contribution in [-0.4, -0.2) is 18.9 Å². The highest BCUT2D eigenvalue weighted by Gasteiger charge is 2.15. The van der Waals surface area contributed by atoms with Crippen LogP contribution in [0.1, 0.15) is 29.5 Å². The molecule has 1 amide bonds. The lowest BCUT2D eigenvalue weighted by Gasteiger charge is -2.18. The maximum absolute atomic E-state index is 11.1. The van der Waals surface area contributed by atoms with Crippen molar-refractivity contribution in [3.8, 4) is 5.75 Å². The van der Waals surface area contributed by atoms with Crippen molar-refractivity contribution < 1.29 is 18.6 Å². The van der Waals surface area contributed by atoms with Crippen molar-refractivity contribution in [2.45, 2.75) is 38.2 Å². The molecule has 0 saturated carbocycles. The summed E-state index contributed by atoms with van der Waals surface area (Å²) in [5, 5.41) is 6.60. The normalized spacial score (nSPS) is 13.0. The summed E-state index contributed by atoms with van der Waals surface area (Å²) in [6.07, 6.45) is 2.91. The highest BCUT2D eigenvalue weighted by molar-refractivity contribution is 7.94. The number of ether oxygens (including phenoxy) is 2. The Hall–Kier alpha value is -2.67. The number of oxime groups is 1. The fourth-order valence-corrected chi connectivity index (χ4v) is 3.01. The minimum absolute atomic E-state index is 0.264. The smallest absolute Gasteiger partial charge is 0.411 e. The molecule has 2 aromatic rings. The van der Waals surface area contributed by atoms with Crippen LogP contribution in [0.3, 0.4) is 0 Å². The molecule has 142 valence electrons. The number of amides is 1. The van der Waals surface area contributed by atoms with Gasteiger partial charge in [0, 0.05) is 11.8 Å². The molecule has 27 heavy (non-hydrogen) atoms. The predicted octanol–water partition coefficient (Wildman–Crippen LogP) is 5.23. The van der Waals surface area contributed by atoms with Crippen molar-refractivity contribution in [1.82, 2.24) is 0 Å². The van der Waals surface area contributed by atoms with Crippen LogP contribution < -0.4 is 10.1 Å². The molecule has 6 nitrogen and oxygen atoms in total. The number of carbonyl (C=O) groups excluding carboxylic acids is 1. The van der Waals surface area contributed by atoms with Gasteiger partial charge in [-0.05, 0) is 68.1 Å². The molecule has 0 unspecified atom stereocenters. The maximum atomic E-state index is 11.1. The Morgan fingerprint density at radius 3 is 2.96 bits per heavy atom. The van der Waals surface area contributed by atoms with Crippen LogP contribution in [0.5, 0.6) is 5.75 Å². The average molecular weight is 386 g/mol. The second-order valence-electron chi connectivity index (χ2n) is 6.20. The van der Waals surface area contributed by atoms with Crippen LogP contribution in [0.15, 0.2) is 46.4 Å². The molecule has 1 aliphatic rings. The first-order valence-corrected chi connectivity index (χ1v) is 9.48. The Labute approximate surface area is 163 Å². The Morgan fingerprint density at radius 2 is 2.11 bits per heavy atom. The quantitative estimate of drug-likeness (QED) is 0.291. The van der Waals surface area contributed by atoms with E-state index in [0.717, 1.165) is 34.7 Å². The SMILES string of the molecule is Cc1ccc(SON=CCCCOc2ccc3c(c2)COC(=O)N3)cc1C. The Bertz CT molecular complexity index is 839. The molecule has 0 spiro atoms. The summed E-state index contributed by atoms with van der Waals surface area (Å²) in [5.74, 6) is 0.756. The van der Waals surface area contributed by atoms with Gasteiger partial charge in [0.25, 0.3) is 0 Å². The zero-order valence-electron chi connectivity index (χ0n) is 15.4. The molecule has 1 heterocycles. The second kappa shape index (κ2) is 9.32. The topological polar surface area (TPSA) is 69.1 Å². The van der Waals surface area contributed by atoms with E-state index < -0.39 is 6.09 Å². The van der Waals surface area contributed by atoms with Crippen molar-refractivity contribution in [1.29, 1.82) is 0 Å². The molecule has 0 fully saturated rings. The molecule has 3 rings (SSSR count). The molecule has 1 aliphatic heterocycles. The number of cyclic esters (lactones) is 1. The zero-order valence-corrected chi connectivity index (χ0v) is 16.2. The summed E-state index contributed by atoms with van der Waals surface area (Å²) < 4.78 is 15.9. The van der Waals surface area contributed by atoms with Gasteiger partial charge < -0.3 is 13.8 Å². The van der Waals surface area contributed by atoms with Crippen molar-refractivity contribution in [2.24, 2.45) is 5.16 Å². The lowest BCUT2D eigenvalue weighted by molar-refractivity contribution is 0.151. The van der Waals surface area contributed by atoms with Gasteiger partial charge in [-0.2, -0.15) is 0 Å². The molecule has 1 N–H and O–H groups in total. The highest BCUT2D eigenvalue weighted by Crippen LogP contribution is 2.26. The third-order valence-corrected chi connectivity index (χ3v) is 4.75. The summed E-state index contributed by atoms with van der Waals surface area (Å²) in [7, 11) is 0. The first-order valence-electron chi connectivity index (χ1n) is 8.74. The lowest BCUT2D eigenvalue weighted by Crippen LogP contribution is -2.20. The van der Waals surface area contributed by atoms with Crippen LogP contribution in [0.25, 0.3) is 0 Å². The number of benzene rings is 2. The average Bonchev–Trinajstić information content (AvgIpc) is 2.66. The minimum atomic E-state index is -0.423. The highest BCUT2D eigenvalue weighted by atomic mass is 32.2. The summed E-state index contributed by atoms with van der Waals surface area (Å²) in [5.41, 5.74) is 4.18. The Morgan fingerprint density at radius 1 is 1.22 bits per heavy atom. The molecule has 0 aliphatic carbocycles. The van der Waals surface area contributed by atoms with E-state index in [1.54, 1.807) is 6.21 Å². The number of nitrogens with zero attached hydrogens (tertiary/aromatic N) is 1. The van der Waals surface area contributed by atoms with E-state index in [9.17, 15) is 4.79 Å². The van der Waals surface area contributed by atoms with Gasteiger partial charge in [-0.15, -0.1) is 0 Å². The van der Waals surface area contributed by atoms with E-state index in [1.807, 2.05) is 24.3 Å². The maximum Gasteiger partial charge on any atom is 0.411 e. The van der Waals surface area contributed by atoms with Crippen molar-refractivity contribution in [2.75, 3.05) is 11.9 Å². The minimum Gasteiger partial charge on any atom is -0.494 e.